The van der Waals surface area contributed by atoms with Crippen LogP contribution in [0.3, 0.4) is 0 Å². The Bertz CT molecular complexity index is 1920. The molecule has 0 unspecified atom stereocenters. The van der Waals surface area contributed by atoms with Crippen LogP contribution in [0.1, 0.15) is 27.8 Å². The second-order valence-electron chi connectivity index (χ2n) is 9.76. The number of aryl methyl sites for hydroxylation is 1. The van der Waals surface area contributed by atoms with Gasteiger partial charge in [-0.15, -0.1) is 0 Å². The molecular weight excluding hydrogens is 486 g/mol. The monoisotopic (exact) mass is 511 g/mol. The fourth-order valence-corrected chi connectivity index (χ4v) is 5.23. The first kappa shape index (κ1) is 24.7. The van der Waals surface area contributed by atoms with E-state index in [0.29, 0.717) is 11.1 Å². The van der Waals surface area contributed by atoms with Gasteiger partial charge in [-0.25, -0.2) is 0 Å². The zero-order valence-corrected chi connectivity index (χ0v) is 22.0. The van der Waals surface area contributed by atoms with Crippen molar-refractivity contribution in [1.29, 1.82) is 10.5 Å². The maximum atomic E-state index is 10.0. The molecule has 0 spiro atoms. The number of rotatable bonds is 5. The molecule has 6 rings (SSSR count). The summed E-state index contributed by atoms with van der Waals surface area (Å²) in [6.07, 6.45) is 4.12. The normalized spacial score (nSPS) is 11.0. The SMILES string of the molecule is Cc1ccc2c(C#N)c3cc(/C=C/c4ccc(N(c5ccccc5)c5ccccc5)cc4)ccc3c(C#N)c2c1. The van der Waals surface area contributed by atoms with Crippen LogP contribution in [-0.2, 0) is 0 Å². The lowest BCUT2D eigenvalue weighted by atomic mass is 9.91. The lowest BCUT2D eigenvalue weighted by Gasteiger charge is -2.25. The zero-order valence-electron chi connectivity index (χ0n) is 22.0. The number of nitrogens with zero attached hydrogens (tertiary/aromatic N) is 3. The van der Waals surface area contributed by atoms with Crippen molar-refractivity contribution in [2.75, 3.05) is 4.90 Å². The number of para-hydroxylation sites is 2. The third kappa shape index (κ3) is 4.58. The molecule has 6 aromatic carbocycles. The lowest BCUT2D eigenvalue weighted by Crippen LogP contribution is -2.09. The first-order chi connectivity index (χ1) is 19.7. The molecule has 0 aliphatic rings. The predicted octanol–water partition coefficient (Wildman–Crippen LogP) is 9.68. The quantitative estimate of drug-likeness (QED) is 0.171. The summed E-state index contributed by atoms with van der Waals surface area (Å²) >= 11 is 0. The van der Waals surface area contributed by atoms with E-state index in [-0.39, 0.29) is 0 Å². The Hall–Kier alpha value is -5.64. The van der Waals surface area contributed by atoms with Gasteiger partial charge in [-0.1, -0.05) is 96.6 Å². The Kier molecular flexibility index (Phi) is 6.55. The van der Waals surface area contributed by atoms with E-state index in [2.05, 4.69) is 71.6 Å². The standard InChI is InChI=1S/C37H25N3/c1-26-12-20-32-34(22-26)36(24-38)33-21-17-28(23-35(33)37(32)25-39)14-13-27-15-18-31(19-16-27)40(29-8-4-2-5-9-29)30-10-6-3-7-11-30/h2-23H,1H3/b14-13+. The Morgan fingerprint density at radius 1 is 0.500 bits per heavy atom. The van der Waals surface area contributed by atoms with Gasteiger partial charge in [0, 0.05) is 38.6 Å². The number of hydrogen-bond donors (Lipinski definition) is 0. The molecule has 3 nitrogen and oxygen atoms in total. The van der Waals surface area contributed by atoms with Crippen LogP contribution >= 0.6 is 0 Å². The average molecular weight is 512 g/mol. The van der Waals surface area contributed by atoms with Gasteiger partial charge in [0.2, 0.25) is 0 Å². The molecule has 40 heavy (non-hydrogen) atoms. The molecule has 0 heterocycles. The zero-order chi connectivity index (χ0) is 27.5. The highest BCUT2D eigenvalue weighted by Crippen LogP contribution is 2.35. The van der Waals surface area contributed by atoms with Gasteiger partial charge in [0.05, 0.1) is 11.1 Å². The van der Waals surface area contributed by atoms with Crippen LogP contribution in [0.15, 0.2) is 121 Å². The van der Waals surface area contributed by atoms with Gasteiger partial charge in [0.1, 0.15) is 12.1 Å². The fraction of sp³-hybridized carbons (Fsp3) is 0.0270. The van der Waals surface area contributed by atoms with Crippen molar-refractivity contribution in [3.63, 3.8) is 0 Å². The highest BCUT2D eigenvalue weighted by molar-refractivity contribution is 6.10. The largest absolute Gasteiger partial charge is 0.311 e. The summed E-state index contributed by atoms with van der Waals surface area (Å²) in [6.45, 7) is 2.00. The molecule has 0 saturated heterocycles. The van der Waals surface area contributed by atoms with Crippen LogP contribution in [0.4, 0.5) is 17.1 Å². The van der Waals surface area contributed by atoms with Crippen LogP contribution in [0, 0.1) is 29.6 Å². The summed E-state index contributed by atoms with van der Waals surface area (Å²) in [6, 6.07) is 45.8. The average Bonchev–Trinajstić information content (AvgIpc) is 3.00. The number of hydrogen-bond acceptors (Lipinski definition) is 3. The van der Waals surface area contributed by atoms with Gasteiger partial charge >= 0.3 is 0 Å². The lowest BCUT2D eigenvalue weighted by molar-refractivity contribution is 1.28. The Morgan fingerprint density at radius 2 is 0.975 bits per heavy atom. The van der Waals surface area contributed by atoms with Crippen LogP contribution in [0.2, 0.25) is 0 Å². The molecule has 0 aliphatic carbocycles. The van der Waals surface area contributed by atoms with Gasteiger partial charge in [-0.2, -0.15) is 10.5 Å². The fourth-order valence-electron chi connectivity index (χ4n) is 5.23. The summed E-state index contributed by atoms with van der Waals surface area (Å²) in [7, 11) is 0. The number of fused-ring (bicyclic) bond motifs is 2. The Balaban J connectivity index is 1.35. The van der Waals surface area contributed by atoms with Gasteiger partial charge in [-0.3, -0.25) is 0 Å². The molecule has 0 bridgehead atoms. The van der Waals surface area contributed by atoms with Crippen molar-refractivity contribution in [3.05, 3.63) is 149 Å². The summed E-state index contributed by atoms with van der Waals surface area (Å²) in [4.78, 5) is 2.23. The molecular formula is C37H25N3. The minimum Gasteiger partial charge on any atom is -0.311 e. The molecule has 0 fully saturated rings. The van der Waals surface area contributed by atoms with E-state index in [1.54, 1.807) is 0 Å². The van der Waals surface area contributed by atoms with Gasteiger partial charge < -0.3 is 4.90 Å². The van der Waals surface area contributed by atoms with Crippen molar-refractivity contribution < 1.29 is 0 Å². The van der Waals surface area contributed by atoms with Crippen LogP contribution in [0.25, 0.3) is 33.7 Å². The third-order valence-electron chi connectivity index (χ3n) is 7.17. The van der Waals surface area contributed by atoms with E-state index >= 15 is 0 Å². The molecule has 3 heteroatoms. The molecule has 0 atom stereocenters. The van der Waals surface area contributed by atoms with Gasteiger partial charge in [0.15, 0.2) is 0 Å². The second-order valence-corrected chi connectivity index (χ2v) is 9.76. The van der Waals surface area contributed by atoms with E-state index < -0.39 is 0 Å². The molecule has 0 aliphatic heterocycles. The smallest absolute Gasteiger partial charge is 0.100 e. The molecule has 188 valence electrons. The maximum Gasteiger partial charge on any atom is 0.100 e. The highest BCUT2D eigenvalue weighted by atomic mass is 15.1. The first-order valence-corrected chi connectivity index (χ1v) is 13.1. The minimum absolute atomic E-state index is 0.602. The number of nitriles is 2. The number of anilines is 3. The molecule has 0 aromatic heterocycles. The van der Waals surface area contributed by atoms with E-state index in [0.717, 1.165) is 55.3 Å². The highest BCUT2D eigenvalue weighted by Gasteiger charge is 2.14. The molecule has 0 radical (unpaired) electrons. The summed E-state index contributed by atoms with van der Waals surface area (Å²) < 4.78 is 0. The molecule has 0 amide bonds. The number of benzene rings is 6. The van der Waals surface area contributed by atoms with Crippen molar-refractivity contribution in [2.45, 2.75) is 6.92 Å². The van der Waals surface area contributed by atoms with Crippen molar-refractivity contribution in [1.82, 2.24) is 0 Å². The summed E-state index contributed by atoms with van der Waals surface area (Å²) in [5.41, 5.74) is 7.58. The maximum absolute atomic E-state index is 10.0. The predicted molar refractivity (Wildman–Crippen MR) is 166 cm³/mol. The molecule has 0 saturated carbocycles. The molecule has 6 aromatic rings. The van der Waals surface area contributed by atoms with Crippen LogP contribution in [-0.4, -0.2) is 0 Å². The van der Waals surface area contributed by atoms with Gasteiger partial charge in [0.25, 0.3) is 0 Å². The minimum atomic E-state index is 0.602. The molecule has 0 N–H and O–H groups in total. The van der Waals surface area contributed by atoms with Gasteiger partial charge in [-0.05, 0) is 60.5 Å². The van der Waals surface area contributed by atoms with Crippen LogP contribution < -0.4 is 4.90 Å². The summed E-state index contributed by atoms with van der Waals surface area (Å²) in [5.74, 6) is 0. The van der Waals surface area contributed by atoms with Crippen molar-refractivity contribution in [3.8, 4) is 12.1 Å². The summed E-state index contributed by atoms with van der Waals surface area (Å²) in [5, 5.41) is 23.3. The first-order valence-electron chi connectivity index (χ1n) is 13.1. The van der Waals surface area contributed by atoms with E-state index in [9.17, 15) is 10.5 Å². The third-order valence-corrected chi connectivity index (χ3v) is 7.17. The Labute approximate surface area is 234 Å². The Morgan fingerprint density at radius 3 is 1.55 bits per heavy atom. The van der Waals surface area contributed by atoms with Crippen molar-refractivity contribution in [2.24, 2.45) is 0 Å². The van der Waals surface area contributed by atoms with E-state index in [1.165, 1.54) is 0 Å². The van der Waals surface area contributed by atoms with Crippen LogP contribution in [0.5, 0.6) is 0 Å². The van der Waals surface area contributed by atoms with E-state index in [4.69, 9.17) is 0 Å². The second kappa shape index (κ2) is 10.6. The van der Waals surface area contributed by atoms with E-state index in [1.807, 2.05) is 85.8 Å². The topological polar surface area (TPSA) is 50.8 Å². The van der Waals surface area contributed by atoms with Crippen molar-refractivity contribution >= 4 is 50.8 Å².